The van der Waals surface area contributed by atoms with Crippen molar-refractivity contribution < 1.29 is 13.5 Å². The molecule has 4 heteroatoms. The molecule has 0 atom stereocenters. The standard InChI is InChI=1S/C14H15F2NO/c1-9-4-12(16)10(5-11(9)15)14(8-17)6-13(2,7-14)18-3/h4-5H,6-7H2,1-3H3. The average molecular weight is 251 g/mol. The molecule has 0 aromatic heterocycles. The number of rotatable bonds is 2. The van der Waals surface area contributed by atoms with Crippen molar-refractivity contribution in [1.82, 2.24) is 0 Å². The summed E-state index contributed by atoms with van der Waals surface area (Å²) < 4.78 is 32.8. The molecule has 18 heavy (non-hydrogen) atoms. The lowest BCUT2D eigenvalue weighted by Gasteiger charge is -2.50. The summed E-state index contributed by atoms with van der Waals surface area (Å²) in [6.07, 6.45) is 0.763. The van der Waals surface area contributed by atoms with Gasteiger partial charge in [0.25, 0.3) is 0 Å². The second-order valence-electron chi connectivity index (χ2n) is 5.28. The van der Waals surface area contributed by atoms with Crippen LogP contribution in [0.25, 0.3) is 0 Å². The van der Waals surface area contributed by atoms with Gasteiger partial charge in [-0.25, -0.2) is 8.78 Å². The molecule has 1 aliphatic rings. The molecule has 1 saturated carbocycles. The number of hydrogen-bond acceptors (Lipinski definition) is 2. The Labute approximate surface area is 105 Å². The second kappa shape index (κ2) is 4.03. The van der Waals surface area contributed by atoms with Gasteiger partial charge in [0.15, 0.2) is 0 Å². The van der Waals surface area contributed by atoms with Gasteiger partial charge in [-0.05, 0) is 44.4 Å². The van der Waals surface area contributed by atoms with Gasteiger partial charge in [-0.3, -0.25) is 0 Å². The first kappa shape index (κ1) is 13.0. The Morgan fingerprint density at radius 2 is 1.89 bits per heavy atom. The quantitative estimate of drug-likeness (QED) is 0.808. The van der Waals surface area contributed by atoms with Crippen molar-refractivity contribution in [2.45, 2.75) is 37.7 Å². The first-order valence-electron chi connectivity index (χ1n) is 5.78. The largest absolute Gasteiger partial charge is 0.378 e. The summed E-state index contributed by atoms with van der Waals surface area (Å²) in [5, 5.41) is 9.31. The normalized spacial score (nSPS) is 30.7. The van der Waals surface area contributed by atoms with E-state index in [1.54, 1.807) is 7.11 Å². The number of aryl methyl sites for hydroxylation is 1. The molecular weight excluding hydrogens is 236 g/mol. The van der Waals surface area contributed by atoms with E-state index in [0.29, 0.717) is 12.8 Å². The molecule has 0 N–H and O–H groups in total. The molecule has 1 aromatic carbocycles. The molecule has 0 heterocycles. The first-order chi connectivity index (χ1) is 8.36. The Hall–Kier alpha value is -1.47. The van der Waals surface area contributed by atoms with E-state index in [1.165, 1.54) is 6.92 Å². The van der Waals surface area contributed by atoms with Gasteiger partial charge in [-0.15, -0.1) is 0 Å². The van der Waals surface area contributed by atoms with Crippen molar-refractivity contribution >= 4 is 0 Å². The summed E-state index contributed by atoms with van der Waals surface area (Å²) in [7, 11) is 1.56. The van der Waals surface area contributed by atoms with Gasteiger partial charge in [-0.1, -0.05) is 0 Å². The van der Waals surface area contributed by atoms with E-state index in [9.17, 15) is 14.0 Å². The van der Waals surface area contributed by atoms with Gasteiger partial charge < -0.3 is 4.74 Å². The molecule has 0 spiro atoms. The van der Waals surface area contributed by atoms with Crippen LogP contribution in [-0.4, -0.2) is 12.7 Å². The summed E-state index contributed by atoms with van der Waals surface area (Å²) in [6.45, 7) is 3.37. The zero-order chi connectivity index (χ0) is 13.6. The van der Waals surface area contributed by atoms with Crippen molar-refractivity contribution in [3.05, 3.63) is 34.9 Å². The highest BCUT2D eigenvalue weighted by Gasteiger charge is 2.55. The highest BCUT2D eigenvalue weighted by molar-refractivity contribution is 5.41. The van der Waals surface area contributed by atoms with E-state index in [0.717, 1.165) is 12.1 Å². The maximum Gasteiger partial charge on any atom is 0.128 e. The van der Waals surface area contributed by atoms with E-state index in [4.69, 9.17) is 4.74 Å². The van der Waals surface area contributed by atoms with Gasteiger partial charge in [-0.2, -0.15) is 5.26 Å². The predicted molar refractivity (Wildman–Crippen MR) is 63.0 cm³/mol. The molecule has 0 radical (unpaired) electrons. The second-order valence-corrected chi connectivity index (χ2v) is 5.28. The summed E-state index contributed by atoms with van der Waals surface area (Å²) in [4.78, 5) is 0. The molecule has 0 unspecified atom stereocenters. The Morgan fingerprint density at radius 3 is 2.39 bits per heavy atom. The van der Waals surface area contributed by atoms with Gasteiger partial charge in [0.2, 0.25) is 0 Å². The van der Waals surface area contributed by atoms with Crippen molar-refractivity contribution in [3.63, 3.8) is 0 Å². The third-order valence-electron chi connectivity index (χ3n) is 3.82. The van der Waals surface area contributed by atoms with Crippen LogP contribution in [0.1, 0.15) is 30.9 Å². The Kier molecular flexibility index (Phi) is 2.90. The third kappa shape index (κ3) is 1.79. The lowest BCUT2D eigenvalue weighted by molar-refractivity contribution is -0.0899. The summed E-state index contributed by atoms with van der Waals surface area (Å²) in [5.74, 6) is -0.999. The minimum absolute atomic E-state index is 0.141. The van der Waals surface area contributed by atoms with Crippen LogP contribution in [0.4, 0.5) is 8.78 Å². The van der Waals surface area contributed by atoms with Crippen LogP contribution >= 0.6 is 0 Å². The number of methoxy groups -OCH3 is 1. The molecular formula is C14H15F2NO. The molecule has 2 nitrogen and oxygen atoms in total. The van der Waals surface area contributed by atoms with Gasteiger partial charge in [0.1, 0.15) is 11.6 Å². The van der Waals surface area contributed by atoms with Gasteiger partial charge in [0, 0.05) is 12.7 Å². The zero-order valence-electron chi connectivity index (χ0n) is 10.7. The van der Waals surface area contributed by atoms with Crippen LogP contribution in [0, 0.1) is 29.9 Å². The minimum atomic E-state index is -0.969. The smallest absolute Gasteiger partial charge is 0.128 e. The van der Waals surface area contributed by atoms with Crippen molar-refractivity contribution in [2.75, 3.05) is 7.11 Å². The molecule has 2 rings (SSSR count). The molecule has 0 saturated heterocycles. The molecule has 1 aromatic rings. The third-order valence-corrected chi connectivity index (χ3v) is 3.82. The minimum Gasteiger partial charge on any atom is -0.378 e. The van der Waals surface area contributed by atoms with Crippen LogP contribution in [0.5, 0.6) is 0 Å². The highest BCUT2D eigenvalue weighted by Crippen LogP contribution is 2.52. The Bertz CT molecular complexity index is 527. The Balaban J connectivity index is 2.43. The first-order valence-corrected chi connectivity index (χ1v) is 5.78. The van der Waals surface area contributed by atoms with Gasteiger partial charge >= 0.3 is 0 Å². The summed E-state index contributed by atoms with van der Waals surface area (Å²) >= 11 is 0. The lowest BCUT2D eigenvalue weighted by Crippen LogP contribution is -2.53. The SMILES string of the molecule is COC1(C)CC(C#N)(c2cc(F)c(C)cc2F)C1. The average Bonchev–Trinajstić information content (AvgIpc) is 2.30. The monoisotopic (exact) mass is 251 g/mol. The van der Waals surface area contributed by atoms with Crippen LogP contribution < -0.4 is 0 Å². The van der Waals surface area contributed by atoms with Crippen LogP contribution in [0.2, 0.25) is 0 Å². The molecule has 0 amide bonds. The molecule has 96 valence electrons. The maximum atomic E-state index is 13.9. The van der Waals surface area contributed by atoms with Gasteiger partial charge in [0.05, 0.1) is 17.1 Å². The van der Waals surface area contributed by atoms with E-state index in [-0.39, 0.29) is 11.1 Å². The van der Waals surface area contributed by atoms with Crippen LogP contribution in [0.3, 0.4) is 0 Å². The van der Waals surface area contributed by atoms with Crippen molar-refractivity contribution in [2.24, 2.45) is 0 Å². The fourth-order valence-corrected chi connectivity index (χ4v) is 2.71. The number of benzene rings is 1. The number of halogens is 2. The fourth-order valence-electron chi connectivity index (χ4n) is 2.71. The maximum absolute atomic E-state index is 13.9. The molecule has 0 bridgehead atoms. The fraction of sp³-hybridized carbons (Fsp3) is 0.500. The van der Waals surface area contributed by atoms with Crippen LogP contribution in [-0.2, 0) is 10.2 Å². The van der Waals surface area contributed by atoms with E-state index in [1.807, 2.05) is 6.92 Å². The molecule has 0 aliphatic heterocycles. The number of ether oxygens (including phenoxy) is 1. The van der Waals surface area contributed by atoms with Crippen molar-refractivity contribution in [1.29, 1.82) is 5.26 Å². The predicted octanol–water partition coefficient (Wildman–Crippen LogP) is 3.23. The topological polar surface area (TPSA) is 33.0 Å². The number of nitriles is 1. The number of hydrogen-bond donors (Lipinski definition) is 0. The lowest BCUT2D eigenvalue weighted by atomic mass is 9.57. The van der Waals surface area contributed by atoms with Crippen LogP contribution in [0.15, 0.2) is 12.1 Å². The summed E-state index contributed by atoms with van der Waals surface area (Å²) in [6, 6.07) is 4.41. The highest BCUT2D eigenvalue weighted by atomic mass is 19.1. The van der Waals surface area contributed by atoms with Crippen molar-refractivity contribution in [3.8, 4) is 6.07 Å². The number of nitrogens with zero attached hydrogens (tertiary/aromatic N) is 1. The van der Waals surface area contributed by atoms with E-state index in [2.05, 4.69) is 6.07 Å². The zero-order valence-corrected chi connectivity index (χ0v) is 10.7. The summed E-state index contributed by atoms with van der Waals surface area (Å²) in [5.41, 5.74) is -1.01. The van der Waals surface area contributed by atoms with E-state index < -0.39 is 22.7 Å². The molecule has 1 fully saturated rings. The molecule has 1 aliphatic carbocycles. The van der Waals surface area contributed by atoms with E-state index >= 15 is 0 Å². The Morgan fingerprint density at radius 1 is 1.28 bits per heavy atom.